The van der Waals surface area contributed by atoms with E-state index < -0.39 is 17.9 Å². The first-order valence-electron chi connectivity index (χ1n) is 3.39. The van der Waals surface area contributed by atoms with E-state index in [9.17, 15) is 13.2 Å². The standard InChI is InChI=1S/C7H6F3IN2/c8-4-1-3(2-12)7(11)13-5(4)6(9)10/h1,6H,2,12H2. The Bertz CT molecular complexity index is 317. The van der Waals surface area contributed by atoms with Gasteiger partial charge in [0.15, 0.2) is 5.82 Å². The van der Waals surface area contributed by atoms with Crippen LogP contribution in [0.1, 0.15) is 17.7 Å². The van der Waals surface area contributed by atoms with Crippen LogP contribution in [0.2, 0.25) is 0 Å². The molecule has 1 aromatic rings. The third-order valence-corrected chi connectivity index (χ3v) is 2.39. The van der Waals surface area contributed by atoms with Gasteiger partial charge in [-0.25, -0.2) is 18.2 Å². The van der Waals surface area contributed by atoms with Gasteiger partial charge in [-0.15, -0.1) is 0 Å². The van der Waals surface area contributed by atoms with E-state index in [0.717, 1.165) is 6.07 Å². The van der Waals surface area contributed by atoms with Crippen LogP contribution in [-0.2, 0) is 6.54 Å². The van der Waals surface area contributed by atoms with Gasteiger partial charge in [0.1, 0.15) is 9.39 Å². The molecule has 0 spiro atoms. The third-order valence-electron chi connectivity index (χ3n) is 1.46. The molecule has 2 nitrogen and oxygen atoms in total. The molecule has 0 aliphatic rings. The Morgan fingerprint density at radius 3 is 2.62 bits per heavy atom. The first-order chi connectivity index (χ1) is 6.06. The molecule has 0 fully saturated rings. The molecule has 0 radical (unpaired) electrons. The lowest BCUT2D eigenvalue weighted by atomic mass is 10.2. The van der Waals surface area contributed by atoms with E-state index in [0.29, 0.717) is 9.26 Å². The Labute approximate surface area is 86.5 Å². The van der Waals surface area contributed by atoms with E-state index in [1.807, 2.05) is 0 Å². The fraction of sp³-hybridized carbons (Fsp3) is 0.286. The highest BCUT2D eigenvalue weighted by Crippen LogP contribution is 2.22. The highest BCUT2D eigenvalue weighted by Gasteiger charge is 2.17. The van der Waals surface area contributed by atoms with Crippen LogP contribution < -0.4 is 5.73 Å². The molecule has 1 heterocycles. The number of hydrogen-bond donors (Lipinski definition) is 1. The van der Waals surface area contributed by atoms with E-state index in [-0.39, 0.29) is 6.54 Å². The molecule has 6 heteroatoms. The SMILES string of the molecule is NCc1cc(F)c(C(F)F)nc1I. The Hall–Kier alpha value is -0.370. The minimum atomic E-state index is -2.89. The van der Waals surface area contributed by atoms with E-state index in [1.54, 1.807) is 22.6 Å². The molecular formula is C7H6F3IN2. The molecule has 0 amide bonds. The summed E-state index contributed by atoms with van der Waals surface area (Å²) in [6.07, 6.45) is -2.89. The molecule has 1 rings (SSSR count). The Morgan fingerprint density at radius 2 is 2.15 bits per heavy atom. The maximum atomic E-state index is 12.9. The molecule has 0 saturated carbocycles. The van der Waals surface area contributed by atoms with Gasteiger partial charge in [-0.1, -0.05) is 0 Å². The number of nitrogens with zero attached hydrogens (tertiary/aromatic N) is 1. The van der Waals surface area contributed by atoms with Crippen molar-refractivity contribution in [3.63, 3.8) is 0 Å². The molecule has 0 unspecified atom stereocenters. The predicted octanol–water partition coefficient (Wildman–Crippen LogP) is 2.22. The quantitative estimate of drug-likeness (QED) is 0.672. The average Bonchev–Trinajstić information content (AvgIpc) is 2.07. The second-order valence-electron chi connectivity index (χ2n) is 2.31. The number of hydrogen-bond acceptors (Lipinski definition) is 2. The minimum absolute atomic E-state index is 0.0890. The van der Waals surface area contributed by atoms with Crippen LogP contribution in [0, 0.1) is 9.52 Å². The number of nitrogens with two attached hydrogens (primary N) is 1. The van der Waals surface area contributed by atoms with Gasteiger partial charge < -0.3 is 5.73 Å². The molecule has 0 atom stereocenters. The molecule has 0 aliphatic heterocycles. The van der Waals surface area contributed by atoms with Crippen molar-refractivity contribution >= 4 is 22.6 Å². The fourth-order valence-electron chi connectivity index (χ4n) is 0.814. The summed E-state index contributed by atoms with van der Waals surface area (Å²) in [6.45, 7) is 0.0890. The molecule has 2 N–H and O–H groups in total. The fourth-order valence-corrected chi connectivity index (χ4v) is 1.45. The summed E-state index contributed by atoms with van der Waals surface area (Å²) in [7, 11) is 0. The zero-order valence-electron chi connectivity index (χ0n) is 6.40. The monoisotopic (exact) mass is 302 g/mol. The van der Waals surface area contributed by atoms with Crippen LogP contribution in [0.5, 0.6) is 0 Å². The minimum Gasteiger partial charge on any atom is -0.326 e. The van der Waals surface area contributed by atoms with Crippen molar-refractivity contribution in [3.8, 4) is 0 Å². The summed E-state index contributed by atoms with van der Waals surface area (Å²) in [5.74, 6) is -1.00. The van der Waals surface area contributed by atoms with E-state index in [1.165, 1.54) is 0 Å². The highest BCUT2D eigenvalue weighted by molar-refractivity contribution is 14.1. The zero-order valence-corrected chi connectivity index (χ0v) is 8.56. The van der Waals surface area contributed by atoms with Crippen LogP contribution in [-0.4, -0.2) is 4.98 Å². The van der Waals surface area contributed by atoms with Crippen molar-refractivity contribution in [2.24, 2.45) is 5.73 Å². The maximum absolute atomic E-state index is 12.9. The normalized spacial score (nSPS) is 10.9. The van der Waals surface area contributed by atoms with Crippen molar-refractivity contribution in [1.82, 2.24) is 4.98 Å². The van der Waals surface area contributed by atoms with E-state index >= 15 is 0 Å². The number of alkyl halides is 2. The molecule has 0 bridgehead atoms. The van der Waals surface area contributed by atoms with Crippen LogP contribution in [0.3, 0.4) is 0 Å². The summed E-state index contributed by atoms with van der Waals surface area (Å²) >= 11 is 1.74. The highest BCUT2D eigenvalue weighted by atomic mass is 127. The Morgan fingerprint density at radius 1 is 1.54 bits per heavy atom. The molecule has 1 aromatic heterocycles. The van der Waals surface area contributed by atoms with Crippen molar-refractivity contribution in [2.45, 2.75) is 13.0 Å². The second kappa shape index (κ2) is 4.23. The maximum Gasteiger partial charge on any atom is 0.283 e. The largest absolute Gasteiger partial charge is 0.326 e. The molecule has 0 saturated heterocycles. The van der Waals surface area contributed by atoms with E-state index in [2.05, 4.69) is 4.98 Å². The lowest BCUT2D eigenvalue weighted by molar-refractivity contribution is 0.140. The molecule has 13 heavy (non-hydrogen) atoms. The summed E-state index contributed by atoms with van der Waals surface area (Å²) in [5.41, 5.74) is 4.86. The van der Waals surface area contributed by atoms with Crippen LogP contribution >= 0.6 is 22.6 Å². The smallest absolute Gasteiger partial charge is 0.283 e. The van der Waals surface area contributed by atoms with Gasteiger partial charge >= 0.3 is 0 Å². The van der Waals surface area contributed by atoms with Crippen molar-refractivity contribution in [2.75, 3.05) is 0 Å². The number of pyridine rings is 1. The Kier molecular flexibility index (Phi) is 3.48. The predicted molar refractivity (Wildman–Crippen MR) is 49.8 cm³/mol. The number of aromatic nitrogens is 1. The molecule has 72 valence electrons. The molecule has 0 aromatic carbocycles. The second-order valence-corrected chi connectivity index (χ2v) is 3.33. The lowest BCUT2D eigenvalue weighted by Crippen LogP contribution is -2.06. The zero-order chi connectivity index (χ0) is 10.0. The number of halogens is 4. The van der Waals surface area contributed by atoms with E-state index in [4.69, 9.17) is 5.73 Å². The topological polar surface area (TPSA) is 38.9 Å². The van der Waals surface area contributed by atoms with Crippen molar-refractivity contribution < 1.29 is 13.2 Å². The lowest BCUT2D eigenvalue weighted by Gasteiger charge is -2.05. The van der Waals surface area contributed by atoms with Crippen molar-refractivity contribution in [3.05, 3.63) is 26.8 Å². The first kappa shape index (κ1) is 10.7. The van der Waals surface area contributed by atoms with Crippen molar-refractivity contribution in [1.29, 1.82) is 0 Å². The van der Waals surface area contributed by atoms with Gasteiger partial charge in [-0.05, 0) is 28.7 Å². The molecule has 0 aliphatic carbocycles. The van der Waals surface area contributed by atoms with Crippen LogP contribution in [0.25, 0.3) is 0 Å². The van der Waals surface area contributed by atoms with Gasteiger partial charge in [0.2, 0.25) is 0 Å². The summed E-state index contributed by atoms with van der Waals surface area (Å²) in [6, 6.07) is 0.996. The van der Waals surface area contributed by atoms with Gasteiger partial charge in [0, 0.05) is 12.1 Å². The number of rotatable bonds is 2. The van der Waals surface area contributed by atoms with Gasteiger partial charge in [-0.2, -0.15) is 0 Å². The molecular weight excluding hydrogens is 296 g/mol. The third kappa shape index (κ3) is 2.31. The summed E-state index contributed by atoms with van der Waals surface area (Å²) in [5, 5.41) is 0. The van der Waals surface area contributed by atoms with Crippen LogP contribution in [0.15, 0.2) is 6.07 Å². The van der Waals surface area contributed by atoms with Gasteiger partial charge in [-0.3, -0.25) is 0 Å². The van der Waals surface area contributed by atoms with Gasteiger partial charge in [0.05, 0.1) is 0 Å². The summed E-state index contributed by atoms with van der Waals surface area (Å²) < 4.78 is 37.4. The average molecular weight is 302 g/mol. The summed E-state index contributed by atoms with van der Waals surface area (Å²) in [4.78, 5) is 3.42. The van der Waals surface area contributed by atoms with Gasteiger partial charge in [0.25, 0.3) is 6.43 Å². The van der Waals surface area contributed by atoms with Crippen LogP contribution in [0.4, 0.5) is 13.2 Å². The Balaban J connectivity index is 3.20. The first-order valence-corrected chi connectivity index (χ1v) is 4.47.